The highest BCUT2D eigenvalue weighted by Gasteiger charge is 2.34. The lowest BCUT2D eigenvalue weighted by Crippen LogP contribution is -2.33. The van der Waals surface area contributed by atoms with Gasteiger partial charge >= 0.3 is 0 Å². The van der Waals surface area contributed by atoms with E-state index in [1.54, 1.807) is 18.2 Å². The minimum absolute atomic E-state index is 0.0723. The Kier molecular flexibility index (Phi) is 6.61. The number of hydrogen-bond acceptors (Lipinski definition) is 5. The van der Waals surface area contributed by atoms with E-state index in [4.69, 9.17) is 39.5 Å². The first kappa shape index (κ1) is 23.8. The number of nitrogens with one attached hydrogen (secondary N) is 2. The predicted molar refractivity (Wildman–Crippen MR) is 130 cm³/mol. The van der Waals surface area contributed by atoms with Gasteiger partial charge in [0, 0.05) is 34.8 Å². The van der Waals surface area contributed by atoms with Crippen molar-refractivity contribution in [3.05, 3.63) is 85.0 Å². The number of hydrogen-bond donors (Lipinski definition) is 2. The number of aromatic nitrogens is 1. The average molecular weight is 531 g/mol. The van der Waals surface area contributed by atoms with Crippen LogP contribution in [0.4, 0.5) is 5.69 Å². The number of alkyl halides is 1. The van der Waals surface area contributed by atoms with E-state index in [-0.39, 0.29) is 27.1 Å². The van der Waals surface area contributed by atoms with Crippen LogP contribution in [0.5, 0.6) is 0 Å². The van der Waals surface area contributed by atoms with Crippen molar-refractivity contribution in [2.45, 2.75) is 30.9 Å². The Balaban J connectivity index is 1.49. The largest absolute Gasteiger partial charge is 0.362 e. The van der Waals surface area contributed by atoms with Gasteiger partial charge in [-0.2, -0.15) is 0 Å². The zero-order chi connectivity index (χ0) is 23.9. The highest BCUT2D eigenvalue weighted by molar-refractivity contribution is 7.96. The molecule has 0 bridgehead atoms. The van der Waals surface area contributed by atoms with Gasteiger partial charge < -0.3 is 9.72 Å². The lowest BCUT2D eigenvalue weighted by atomic mass is 10.1. The molecule has 3 atom stereocenters. The van der Waals surface area contributed by atoms with Gasteiger partial charge in [-0.05, 0) is 49.4 Å². The number of aryl methyl sites for hydroxylation is 1. The molecule has 2 aliphatic carbocycles. The van der Waals surface area contributed by atoms with Crippen molar-refractivity contribution >= 4 is 61.4 Å². The lowest BCUT2D eigenvalue weighted by molar-refractivity contribution is -0.419. The number of halogens is 3. The number of allylic oxidation sites excluding steroid dienone is 2. The first-order valence-electron chi connectivity index (χ1n) is 9.76. The number of nitro groups is 1. The molecule has 1 aromatic carbocycles. The van der Waals surface area contributed by atoms with Crippen LogP contribution >= 0.6 is 34.8 Å². The lowest BCUT2D eigenvalue weighted by Gasteiger charge is -2.29. The maximum absolute atomic E-state index is 12.9. The fourth-order valence-electron chi connectivity index (χ4n) is 3.58. The first-order chi connectivity index (χ1) is 15.5. The molecule has 3 unspecified atom stereocenters. The van der Waals surface area contributed by atoms with Crippen molar-refractivity contribution in [2.24, 2.45) is 0 Å². The molecule has 174 valence electrons. The third-order valence-electron chi connectivity index (χ3n) is 5.14. The zero-order valence-corrected chi connectivity index (χ0v) is 20.2. The molecule has 1 aromatic heterocycles. The second kappa shape index (κ2) is 9.15. The van der Waals surface area contributed by atoms with E-state index in [0.717, 1.165) is 16.6 Å². The normalized spacial score (nSPS) is 23.5. The molecule has 12 heteroatoms. The van der Waals surface area contributed by atoms with E-state index >= 15 is 0 Å². The number of anilines is 1. The third-order valence-corrected chi connectivity index (χ3v) is 7.55. The van der Waals surface area contributed by atoms with Gasteiger partial charge in [0.25, 0.3) is 15.7 Å². The number of ether oxygens (including phenoxy) is 1. The highest BCUT2D eigenvalue weighted by Crippen LogP contribution is 2.34. The Morgan fingerprint density at radius 1 is 1.21 bits per heavy atom. The second-order valence-electron chi connectivity index (χ2n) is 7.60. The molecule has 1 heterocycles. The molecule has 33 heavy (non-hydrogen) atoms. The molecule has 4 rings (SSSR count). The number of H-pyrrole nitrogens is 1. The summed E-state index contributed by atoms with van der Waals surface area (Å²) in [5, 5.41) is 11.1. The van der Waals surface area contributed by atoms with Crippen LogP contribution in [0.1, 0.15) is 12.1 Å². The van der Waals surface area contributed by atoms with Crippen LogP contribution in [0.2, 0.25) is 0 Å². The zero-order valence-electron chi connectivity index (χ0n) is 17.1. The molecule has 0 fully saturated rings. The van der Waals surface area contributed by atoms with Crippen LogP contribution in [0.25, 0.3) is 10.9 Å². The number of aromatic amines is 1. The van der Waals surface area contributed by atoms with Crippen molar-refractivity contribution in [1.82, 2.24) is 4.98 Å². The van der Waals surface area contributed by atoms with E-state index in [1.807, 2.05) is 13.0 Å². The van der Waals surface area contributed by atoms with E-state index in [1.165, 1.54) is 24.3 Å². The molecule has 2 aliphatic rings. The molecular formula is C21H18Cl3N3O5S. The van der Waals surface area contributed by atoms with Gasteiger partial charge in [0.1, 0.15) is 6.10 Å². The fraction of sp³-hybridized carbons (Fsp3) is 0.238. The van der Waals surface area contributed by atoms with Crippen molar-refractivity contribution in [3.63, 3.8) is 0 Å². The molecule has 8 nitrogen and oxygen atoms in total. The molecule has 0 spiro atoms. The minimum Gasteiger partial charge on any atom is -0.362 e. The topological polar surface area (TPSA) is 114 Å². The molecule has 2 N–H and O–H groups in total. The van der Waals surface area contributed by atoms with Crippen molar-refractivity contribution < 1.29 is 18.1 Å². The Bertz CT molecular complexity index is 1360. The van der Waals surface area contributed by atoms with Crippen LogP contribution < -0.4 is 4.72 Å². The summed E-state index contributed by atoms with van der Waals surface area (Å²) in [4.78, 5) is 13.4. The Labute approximate surface area is 204 Å². The van der Waals surface area contributed by atoms with Crippen LogP contribution in [0.3, 0.4) is 0 Å². The van der Waals surface area contributed by atoms with Gasteiger partial charge in [0.2, 0.25) is 0 Å². The van der Waals surface area contributed by atoms with Gasteiger partial charge in [-0.1, -0.05) is 23.2 Å². The summed E-state index contributed by atoms with van der Waals surface area (Å²) >= 11 is 18.9. The summed E-state index contributed by atoms with van der Waals surface area (Å²) in [6.07, 6.45) is 3.79. The molecule has 0 radical (unpaired) electrons. The number of sulfonamides is 1. The van der Waals surface area contributed by atoms with Crippen LogP contribution in [-0.2, 0) is 14.8 Å². The summed E-state index contributed by atoms with van der Waals surface area (Å²) in [5.41, 5.74) is 2.12. The molecule has 0 amide bonds. The number of fused-ring (bicyclic) bond motifs is 1. The summed E-state index contributed by atoms with van der Waals surface area (Å²) < 4.78 is 34.3. The standard InChI is InChI=1S/C21H18Cl3N3O5S/c1-11-6-12-7-13(2-4-19(12)25-11)26-33(30,31)15-9-17(23)21(18(24)10-15)32-20-5-3-14(27(28)29)8-16(20)22/h2-4,6-10,17,20-21,25-26H,5H2,1H3. The maximum atomic E-state index is 12.9. The van der Waals surface area contributed by atoms with Crippen molar-refractivity contribution in [1.29, 1.82) is 0 Å². The van der Waals surface area contributed by atoms with Crippen LogP contribution in [0, 0.1) is 17.0 Å². The summed E-state index contributed by atoms with van der Waals surface area (Å²) in [6, 6.07) is 7.07. The quantitative estimate of drug-likeness (QED) is 0.299. The summed E-state index contributed by atoms with van der Waals surface area (Å²) in [5.74, 6) is 0. The smallest absolute Gasteiger partial charge is 0.266 e. The van der Waals surface area contributed by atoms with Crippen molar-refractivity contribution in [3.8, 4) is 0 Å². The molecule has 2 aromatic rings. The Hall–Kier alpha value is -2.30. The predicted octanol–water partition coefficient (Wildman–Crippen LogP) is 5.29. The van der Waals surface area contributed by atoms with E-state index in [0.29, 0.717) is 5.69 Å². The van der Waals surface area contributed by atoms with Gasteiger partial charge in [0.15, 0.2) is 0 Å². The number of rotatable bonds is 6. The van der Waals surface area contributed by atoms with Crippen molar-refractivity contribution in [2.75, 3.05) is 4.72 Å². The third kappa shape index (κ3) is 5.12. The monoisotopic (exact) mass is 529 g/mol. The summed E-state index contributed by atoms with van der Waals surface area (Å²) in [6.45, 7) is 1.91. The fourth-order valence-corrected chi connectivity index (χ4v) is 5.84. The SMILES string of the molecule is Cc1cc2cc(NS(=O)(=O)C3=CC(Cl)C(OC4CC=C([N+](=O)[O-])C=C4Cl)C(Cl)=C3)ccc2[nH]1. The van der Waals surface area contributed by atoms with E-state index < -0.39 is 32.5 Å². The molecule has 0 aliphatic heterocycles. The Morgan fingerprint density at radius 3 is 2.64 bits per heavy atom. The van der Waals surface area contributed by atoms with E-state index in [9.17, 15) is 18.5 Å². The van der Waals surface area contributed by atoms with Gasteiger partial charge in [-0.3, -0.25) is 14.8 Å². The van der Waals surface area contributed by atoms with Gasteiger partial charge in [-0.25, -0.2) is 8.42 Å². The maximum Gasteiger partial charge on any atom is 0.266 e. The summed E-state index contributed by atoms with van der Waals surface area (Å²) in [7, 11) is -3.97. The molecule has 0 saturated carbocycles. The number of benzene rings is 1. The molecular weight excluding hydrogens is 513 g/mol. The van der Waals surface area contributed by atoms with Crippen LogP contribution in [0.15, 0.2) is 69.2 Å². The highest BCUT2D eigenvalue weighted by atomic mass is 35.5. The molecule has 0 saturated heterocycles. The average Bonchev–Trinajstić information content (AvgIpc) is 3.10. The van der Waals surface area contributed by atoms with Crippen LogP contribution in [-0.4, -0.2) is 35.9 Å². The minimum atomic E-state index is -3.97. The number of nitrogens with zero attached hydrogens (tertiary/aromatic N) is 1. The Morgan fingerprint density at radius 2 is 1.97 bits per heavy atom. The second-order valence-corrected chi connectivity index (χ2v) is 10.7. The van der Waals surface area contributed by atoms with E-state index in [2.05, 4.69) is 9.71 Å². The van der Waals surface area contributed by atoms with Gasteiger partial charge in [-0.15, -0.1) is 11.6 Å². The first-order valence-corrected chi connectivity index (χ1v) is 12.4. The van der Waals surface area contributed by atoms with Gasteiger partial charge in [0.05, 0.1) is 31.4 Å².